The SMILES string of the molecule is CC(=O)N1C(SC23CC4CC(CC(C4)C2)C3)C(C)=CC(C)(O)C1O. The molecule has 1 aliphatic heterocycles. The van der Waals surface area contributed by atoms with E-state index in [-0.39, 0.29) is 16.0 Å². The van der Waals surface area contributed by atoms with Gasteiger partial charge >= 0.3 is 0 Å². The highest BCUT2D eigenvalue weighted by atomic mass is 32.2. The van der Waals surface area contributed by atoms with E-state index in [9.17, 15) is 15.0 Å². The number of carbonyl (C=O) groups is 1. The van der Waals surface area contributed by atoms with Gasteiger partial charge in [0.25, 0.3) is 0 Å². The monoisotopic (exact) mass is 351 g/mol. The van der Waals surface area contributed by atoms with Crippen LogP contribution in [0.2, 0.25) is 0 Å². The number of hydrogen-bond acceptors (Lipinski definition) is 4. The van der Waals surface area contributed by atoms with Crippen molar-refractivity contribution < 1.29 is 15.0 Å². The van der Waals surface area contributed by atoms with Gasteiger partial charge < -0.3 is 10.2 Å². The Labute approximate surface area is 148 Å². The number of nitrogens with zero attached hydrogens (tertiary/aromatic N) is 1. The zero-order chi connectivity index (χ0) is 17.3. The quantitative estimate of drug-likeness (QED) is 0.751. The van der Waals surface area contributed by atoms with E-state index in [1.165, 1.54) is 50.3 Å². The molecule has 0 radical (unpaired) electrons. The summed E-state index contributed by atoms with van der Waals surface area (Å²) in [5.41, 5.74) is -0.393. The predicted molar refractivity (Wildman–Crippen MR) is 95.2 cm³/mol. The molecule has 3 unspecified atom stereocenters. The molecule has 4 nitrogen and oxygen atoms in total. The first kappa shape index (κ1) is 16.9. The van der Waals surface area contributed by atoms with Crippen molar-refractivity contribution in [3.63, 3.8) is 0 Å². The van der Waals surface area contributed by atoms with Crippen LogP contribution in [0.5, 0.6) is 0 Å². The van der Waals surface area contributed by atoms with Crippen LogP contribution in [0.4, 0.5) is 0 Å². The Morgan fingerprint density at radius 3 is 2.17 bits per heavy atom. The van der Waals surface area contributed by atoms with Crippen LogP contribution >= 0.6 is 11.8 Å². The topological polar surface area (TPSA) is 60.8 Å². The zero-order valence-corrected chi connectivity index (χ0v) is 15.7. The standard InChI is InChI=1S/C19H29NO3S/c1-11-7-18(3,23)17(22)20(12(2)21)16(11)24-19-8-13-4-14(9-19)6-15(5-13)10-19/h7,13-17,22-23H,4-6,8-10H2,1-3H3. The van der Waals surface area contributed by atoms with Crippen molar-refractivity contribution in [2.24, 2.45) is 17.8 Å². The summed E-state index contributed by atoms with van der Waals surface area (Å²) in [5.74, 6) is 2.40. The second-order valence-corrected chi connectivity index (χ2v) is 10.5. The second kappa shape index (κ2) is 5.49. The number of aliphatic hydroxyl groups excluding tert-OH is 1. The van der Waals surface area contributed by atoms with Crippen LogP contribution in [0.1, 0.15) is 59.3 Å². The van der Waals surface area contributed by atoms with Crippen LogP contribution in [0.15, 0.2) is 11.6 Å². The highest BCUT2D eigenvalue weighted by Crippen LogP contribution is 2.62. The Morgan fingerprint density at radius 1 is 1.21 bits per heavy atom. The third kappa shape index (κ3) is 2.63. The van der Waals surface area contributed by atoms with E-state index in [0.717, 1.165) is 23.3 Å². The molecule has 24 heavy (non-hydrogen) atoms. The average Bonchev–Trinajstić information content (AvgIpc) is 2.42. The number of thioether (sulfide) groups is 1. The molecule has 4 fully saturated rings. The fourth-order valence-electron chi connectivity index (χ4n) is 6.14. The number of carbonyl (C=O) groups excluding carboxylic acids is 1. The van der Waals surface area contributed by atoms with E-state index in [0.29, 0.717) is 0 Å². The molecule has 0 saturated heterocycles. The van der Waals surface area contributed by atoms with Gasteiger partial charge in [-0.25, -0.2) is 0 Å². The molecule has 134 valence electrons. The summed E-state index contributed by atoms with van der Waals surface area (Å²) >= 11 is 1.89. The minimum atomic E-state index is -1.38. The zero-order valence-electron chi connectivity index (χ0n) is 14.9. The Hall–Kier alpha value is -0.520. The van der Waals surface area contributed by atoms with Gasteiger partial charge in [-0.3, -0.25) is 9.69 Å². The largest absolute Gasteiger partial charge is 0.381 e. The van der Waals surface area contributed by atoms with E-state index in [1.807, 2.05) is 18.7 Å². The number of amides is 1. The molecule has 3 atom stereocenters. The van der Waals surface area contributed by atoms with Gasteiger partial charge in [-0.2, -0.15) is 0 Å². The number of hydrogen-bond donors (Lipinski definition) is 2. The van der Waals surface area contributed by atoms with Gasteiger partial charge in [0.2, 0.25) is 5.91 Å². The Kier molecular flexibility index (Phi) is 3.87. The summed E-state index contributed by atoms with van der Waals surface area (Å²) in [6.07, 6.45) is 8.52. The Morgan fingerprint density at radius 2 is 1.71 bits per heavy atom. The summed E-state index contributed by atoms with van der Waals surface area (Å²) in [7, 11) is 0. The van der Waals surface area contributed by atoms with Crippen LogP contribution in [0.3, 0.4) is 0 Å². The fraction of sp³-hybridized carbons (Fsp3) is 0.842. The Bertz CT molecular complexity index is 550. The van der Waals surface area contributed by atoms with Crippen molar-refractivity contribution in [2.45, 2.75) is 81.2 Å². The van der Waals surface area contributed by atoms with E-state index in [4.69, 9.17) is 0 Å². The lowest BCUT2D eigenvalue weighted by Crippen LogP contribution is -2.60. The first-order chi connectivity index (χ1) is 11.2. The lowest BCUT2D eigenvalue weighted by molar-refractivity contribution is -0.160. The van der Waals surface area contributed by atoms with E-state index in [1.54, 1.807) is 13.0 Å². The van der Waals surface area contributed by atoms with Gasteiger partial charge in [-0.1, -0.05) is 0 Å². The maximum absolute atomic E-state index is 12.3. The molecule has 4 bridgehead atoms. The van der Waals surface area contributed by atoms with Crippen LogP contribution in [-0.2, 0) is 4.79 Å². The molecular formula is C19H29NO3S. The summed E-state index contributed by atoms with van der Waals surface area (Å²) in [6, 6.07) is 0. The van der Waals surface area contributed by atoms with Crippen molar-refractivity contribution in [1.82, 2.24) is 4.90 Å². The molecule has 4 aliphatic carbocycles. The van der Waals surface area contributed by atoms with Crippen molar-refractivity contribution in [3.05, 3.63) is 11.6 Å². The van der Waals surface area contributed by atoms with Crippen molar-refractivity contribution in [2.75, 3.05) is 0 Å². The fourth-order valence-corrected chi connectivity index (χ4v) is 8.24. The molecule has 5 heteroatoms. The summed E-state index contributed by atoms with van der Waals surface area (Å²) < 4.78 is 0.255. The van der Waals surface area contributed by atoms with E-state index >= 15 is 0 Å². The van der Waals surface area contributed by atoms with Crippen LogP contribution in [-0.4, -0.2) is 43.0 Å². The van der Waals surface area contributed by atoms with E-state index in [2.05, 4.69) is 0 Å². The first-order valence-electron chi connectivity index (χ1n) is 9.26. The van der Waals surface area contributed by atoms with Crippen molar-refractivity contribution >= 4 is 17.7 Å². The maximum atomic E-state index is 12.3. The molecule has 5 rings (SSSR count). The average molecular weight is 352 g/mol. The number of aliphatic hydroxyl groups is 2. The lowest BCUT2D eigenvalue weighted by Gasteiger charge is -2.58. The van der Waals surface area contributed by atoms with Gasteiger partial charge in [-0.15, -0.1) is 11.8 Å². The van der Waals surface area contributed by atoms with Gasteiger partial charge in [-0.05, 0) is 81.8 Å². The van der Waals surface area contributed by atoms with Crippen LogP contribution in [0.25, 0.3) is 0 Å². The highest BCUT2D eigenvalue weighted by molar-refractivity contribution is 8.01. The van der Waals surface area contributed by atoms with Crippen LogP contribution in [0, 0.1) is 17.8 Å². The van der Waals surface area contributed by atoms with E-state index < -0.39 is 11.8 Å². The molecule has 0 spiro atoms. The molecule has 0 aromatic carbocycles. The molecule has 4 saturated carbocycles. The Balaban J connectivity index is 1.64. The highest BCUT2D eigenvalue weighted by Gasteiger charge is 2.54. The summed E-state index contributed by atoms with van der Waals surface area (Å²) in [5, 5.41) is 20.9. The van der Waals surface area contributed by atoms with Crippen molar-refractivity contribution in [1.29, 1.82) is 0 Å². The van der Waals surface area contributed by atoms with Gasteiger partial charge in [0, 0.05) is 11.7 Å². The minimum Gasteiger partial charge on any atom is -0.381 e. The first-order valence-corrected chi connectivity index (χ1v) is 10.1. The van der Waals surface area contributed by atoms with Gasteiger partial charge in [0.1, 0.15) is 11.0 Å². The van der Waals surface area contributed by atoms with Gasteiger partial charge in [0.05, 0.1) is 0 Å². The van der Waals surface area contributed by atoms with Gasteiger partial charge in [0.15, 0.2) is 6.23 Å². The molecule has 1 heterocycles. The third-order valence-corrected chi connectivity index (χ3v) is 8.48. The van der Waals surface area contributed by atoms with Crippen LogP contribution < -0.4 is 0 Å². The molecule has 1 amide bonds. The maximum Gasteiger partial charge on any atom is 0.222 e. The second-order valence-electron chi connectivity index (χ2n) is 8.98. The van der Waals surface area contributed by atoms with Crippen molar-refractivity contribution in [3.8, 4) is 0 Å². The molecule has 5 aliphatic rings. The normalized spacial score (nSPS) is 50.1. The molecule has 0 aromatic heterocycles. The number of rotatable bonds is 2. The smallest absolute Gasteiger partial charge is 0.222 e. The summed E-state index contributed by atoms with van der Waals surface area (Å²) in [6.45, 7) is 5.04. The predicted octanol–water partition coefficient (Wildman–Crippen LogP) is 2.89. The lowest BCUT2D eigenvalue weighted by atomic mass is 9.56. The molecule has 2 N–H and O–H groups in total. The summed E-state index contributed by atoms with van der Waals surface area (Å²) in [4.78, 5) is 13.8. The molecule has 0 aromatic rings. The minimum absolute atomic E-state index is 0.158. The molecular weight excluding hydrogens is 322 g/mol. The third-order valence-electron chi connectivity index (χ3n) is 6.66.